The van der Waals surface area contributed by atoms with E-state index in [0.717, 1.165) is 22.6 Å². The monoisotopic (exact) mass is 379 g/mol. The molecular formula is C19H13N3O4S. The Morgan fingerprint density at radius 3 is 2.63 bits per heavy atom. The van der Waals surface area contributed by atoms with Crippen molar-refractivity contribution in [3.8, 4) is 5.75 Å². The quantitative estimate of drug-likeness (QED) is 0.584. The van der Waals surface area contributed by atoms with Gasteiger partial charge in [0.1, 0.15) is 16.3 Å². The van der Waals surface area contributed by atoms with Crippen LogP contribution in [-0.4, -0.2) is 34.6 Å². The number of carbonyl (C=O) groups is 3. The van der Waals surface area contributed by atoms with Gasteiger partial charge < -0.3 is 10.1 Å². The lowest BCUT2D eigenvalue weighted by molar-refractivity contribution is 0.0949. The summed E-state index contributed by atoms with van der Waals surface area (Å²) in [4.78, 5) is 45.7. The van der Waals surface area contributed by atoms with Crippen molar-refractivity contribution in [2.75, 3.05) is 7.11 Å². The molecule has 1 aliphatic rings. The van der Waals surface area contributed by atoms with Crippen molar-refractivity contribution < 1.29 is 19.1 Å². The van der Waals surface area contributed by atoms with Gasteiger partial charge in [-0.25, -0.2) is 4.98 Å². The van der Waals surface area contributed by atoms with Crippen LogP contribution < -0.4 is 10.1 Å². The van der Waals surface area contributed by atoms with Crippen molar-refractivity contribution in [3.63, 3.8) is 0 Å². The summed E-state index contributed by atoms with van der Waals surface area (Å²) in [7, 11) is 1.58. The van der Waals surface area contributed by atoms with Gasteiger partial charge >= 0.3 is 0 Å². The number of methoxy groups -OCH3 is 1. The molecule has 2 aromatic heterocycles. The van der Waals surface area contributed by atoms with Crippen molar-refractivity contribution in [1.82, 2.24) is 15.3 Å². The zero-order valence-electron chi connectivity index (χ0n) is 14.2. The van der Waals surface area contributed by atoms with Gasteiger partial charge in [-0.15, -0.1) is 11.3 Å². The van der Waals surface area contributed by atoms with E-state index in [1.54, 1.807) is 19.2 Å². The van der Waals surface area contributed by atoms with Gasteiger partial charge in [0.15, 0.2) is 5.01 Å². The first-order valence-corrected chi connectivity index (χ1v) is 8.85. The van der Waals surface area contributed by atoms with E-state index >= 15 is 0 Å². The largest absolute Gasteiger partial charge is 0.497 e. The molecule has 1 amide bonds. The Morgan fingerprint density at radius 2 is 1.89 bits per heavy atom. The summed E-state index contributed by atoms with van der Waals surface area (Å²) in [6.45, 7) is 0.291. The third-order valence-electron chi connectivity index (χ3n) is 4.17. The first-order valence-electron chi connectivity index (χ1n) is 8.04. The topological polar surface area (TPSA) is 98.2 Å². The van der Waals surface area contributed by atoms with Crippen LogP contribution in [0.2, 0.25) is 0 Å². The Morgan fingerprint density at radius 1 is 1.11 bits per heavy atom. The molecule has 0 radical (unpaired) electrons. The van der Waals surface area contributed by atoms with Crippen molar-refractivity contribution in [2.45, 2.75) is 6.54 Å². The molecule has 3 aromatic rings. The van der Waals surface area contributed by atoms with Crippen LogP contribution >= 0.6 is 11.3 Å². The van der Waals surface area contributed by atoms with Crippen LogP contribution in [0, 0.1) is 0 Å². The number of ether oxygens (including phenoxy) is 1. The van der Waals surface area contributed by atoms with E-state index in [1.165, 1.54) is 18.5 Å². The molecule has 0 fully saturated rings. The summed E-state index contributed by atoms with van der Waals surface area (Å²) in [5, 5.41) is 2.83. The smallest absolute Gasteiger partial charge is 0.280 e. The number of ketones is 2. The number of rotatable bonds is 4. The number of hydrogen-bond acceptors (Lipinski definition) is 7. The number of amides is 1. The lowest BCUT2D eigenvalue weighted by Crippen LogP contribution is -2.23. The van der Waals surface area contributed by atoms with Crippen LogP contribution in [0.1, 0.15) is 46.7 Å². The minimum absolute atomic E-state index is 0.0140. The number of hydrogen-bond donors (Lipinski definition) is 1. The molecule has 8 heteroatoms. The number of benzene rings is 1. The molecule has 4 rings (SSSR count). The van der Waals surface area contributed by atoms with Gasteiger partial charge in [-0.1, -0.05) is 12.1 Å². The lowest BCUT2D eigenvalue weighted by Gasteiger charge is -2.11. The highest BCUT2D eigenvalue weighted by atomic mass is 32.1. The molecule has 134 valence electrons. The zero-order chi connectivity index (χ0) is 19.0. The molecule has 0 bridgehead atoms. The number of pyridine rings is 1. The van der Waals surface area contributed by atoms with Crippen LogP contribution in [0.5, 0.6) is 5.75 Å². The zero-order valence-corrected chi connectivity index (χ0v) is 15.0. The third-order valence-corrected chi connectivity index (χ3v) is 5.22. The molecule has 0 saturated carbocycles. The molecule has 2 heterocycles. The van der Waals surface area contributed by atoms with Crippen LogP contribution in [-0.2, 0) is 6.54 Å². The summed E-state index contributed by atoms with van der Waals surface area (Å²) in [5.41, 5.74) is 1.40. The summed E-state index contributed by atoms with van der Waals surface area (Å²) in [6, 6.07) is 8.77. The molecule has 0 atom stereocenters. The van der Waals surface area contributed by atoms with Crippen molar-refractivity contribution >= 4 is 28.8 Å². The summed E-state index contributed by atoms with van der Waals surface area (Å²) >= 11 is 0.926. The predicted molar refractivity (Wildman–Crippen MR) is 97.4 cm³/mol. The van der Waals surface area contributed by atoms with Gasteiger partial charge in [0, 0.05) is 24.5 Å². The highest BCUT2D eigenvalue weighted by Gasteiger charge is 2.34. The number of carbonyl (C=O) groups excluding carboxylic acids is 3. The van der Waals surface area contributed by atoms with Gasteiger partial charge in [0.05, 0.1) is 12.7 Å². The molecule has 0 spiro atoms. The molecular weight excluding hydrogens is 366 g/mol. The maximum Gasteiger partial charge on any atom is 0.280 e. The molecule has 1 aromatic carbocycles. The average molecular weight is 379 g/mol. The van der Waals surface area contributed by atoms with Crippen LogP contribution in [0.15, 0.2) is 42.7 Å². The van der Waals surface area contributed by atoms with E-state index in [2.05, 4.69) is 15.3 Å². The summed E-state index contributed by atoms with van der Waals surface area (Å²) in [5.74, 6) is -0.413. The fraction of sp³-hybridized carbons (Fsp3) is 0.105. The van der Waals surface area contributed by atoms with E-state index in [0.29, 0.717) is 6.54 Å². The Labute approximate surface area is 158 Å². The van der Waals surface area contributed by atoms with Gasteiger partial charge in [-0.2, -0.15) is 0 Å². The van der Waals surface area contributed by atoms with E-state index < -0.39 is 11.7 Å². The molecule has 1 aliphatic carbocycles. The van der Waals surface area contributed by atoms with Gasteiger partial charge in [-0.3, -0.25) is 19.4 Å². The molecule has 0 aliphatic heterocycles. The number of nitrogens with one attached hydrogen (secondary N) is 1. The van der Waals surface area contributed by atoms with E-state index in [9.17, 15) is 14.4 Å². The van der Waals surface area contributed by atoms with E-state index in [4.69, 9.17) is 4.74 Å². The predicted octanol–water partition coefficient (Wildman–Crippen LogP) is 2.25. The fourth-order valence-corrected chi connectivity index (χ4v) is 3.68. The fourth-order valence-electron chi connectivity index (χ4n) is 2.75. The van der Waals surface area contributed by atoms with Gasteiger partial charge in [0.2, 0.25) is 11.6 Å². The Kier molecular flexibility index (Phi) is 4.25. The maximum atomic E-state index is 12.6. The van der Waals surface area contributed by atoms with Crippen LogP contribution in [0.4, 0.5) is 0 Å². The van der Waals surface area contributed by atoms with Crippen molar-refractivity contribution in [3.05, 3.63) is 75.0 Å². The third kappa shape index (κ3) is 3.00. The Bertz CT molecular complexity index is 1020. The first kappa shape index (κ1) is 17.0. The highest BCUT2D eigenvalue weighted by Crippen LogP contribution is 2.30. The minimum Gasteiger partial charge on any atom is -0.497 e. The molecule has 1 N–H and O–H groups in total. The molecule has 27 heavy (non-hydrogen) atoms. The number of nitrogens with zero attached hydrogens (tertiary/aromatic N) is 2. The number of fused-ring (bicyclic) bond motifs is 2. The average Bonchev–Trinajstić information content (AvgIpc) is 3.17. The summed E-state index contributed by atoms with van der Waals surface area (Å²) in [6.07, 6.45) is 2.81. The number of aromatic nitrogens is 2. The van der Waals surface area contributed by atoms with Crippen LogP contribution in [0.25, 0.3) is 0 Å². The van der Waals surface area contributed by atoms with Gasteiger partial charge in [-0.05, 0) is 23.8 Å². The maximum absolute atomic E-state index is 12.6. The second kappa shape index (κ2) is 6.73. The normalized spacial score (nSPS) is 12.3. The molecule has 0 unspecified atom stereocenters. The second-order valence-electron chi connectivity index (χ2n) is 5.81. The minimum atomic E-state index is -0.437. The lowest BCUT2D eigenvalue weighted by atomic mass is 9.93. The SMILES string of the molecule is COc1ccc(CNC(=O)c2nc3c(s2)C(=O)c2ccncc2C3=O)cc1. The van der Waals surface area contributed by atoms with Gasteiger partial charge in [0.25, 0.3) is 5.91 Å². The summed E-state index contributed by atoms with van der Waals surface area (Å²) < 4.78 is 5.09. The highest BCUT2D eigenvalue weighted by molar-refractivity contribution is 7.16. The first-order chi connectivity index (χ1) is 13.1. The number of thiazole rings is 1. The standard InChI is InChI=1S/C19H13N3O4S/c1-26-11-4-2-10(3-5-11)8-21-18(25)19-22-14-15(23)13-9-20-7-6-12(13)16(24)17(14)27-19/h2-7,9H,8H2,1H3,(H,21,25). The van der Waals surface area contributed by atoms with E-state index in [-0.39, 0.29) is 32.5 Å². The Hall–Kier alpha value is -3.39. The van der Waals surface area contributed by atoms with Crippen molar-refractivity contribution in [1.29, 1.82) is 0 Å². The van der Waals surface area contributed by atoms with Crippen LogP contribution in [0.3, 0.4) is 0 Å². The molecule has 0 saturated heterocycles. The molecule has 7 nitrogen and oxygen atoms in total. The van der Waals surface area contributed by atoms with Crippen molar-refractivity contribution in [2.24, 2.45) is 0 Å². The van der Waals surface area contributed by atoms with E-state index in [1.807, 2.05) is 12.1 Å². The second-order valence-corrected chi connectivity index (χ2v) is 6.81. The Balaban J connectivity index is 1.54.